The molecule has 0 amide bonds. The molecule has 165 valence electrons. The van der Waals surface area contributed by atoms with Crippen LogP contribution in [0, 0.1) is 6.07 Å². The van der Waals surface area contributed by atoms with Gasteiger partial charge in [0.25, 0.3) is 0 Å². The third-order valence-corrected chi connectivity index (χ3v) is 4.70. The van der Waals surface area contributed by atoms with Crippen LogP contribution in [0.4, 0.5) is 0 Å². The molecule has 0 heterocycles. The topological polar surface area (TPSA) is 61.8 Å². The number of ether oxygens (including phenoxy) is 3. The second-order valence-electron chi connectivity index (χ2n) is 7.20. The van der Waals surface area contributed by atoms with Gasteiger partial charge in [0.15, 0.2) is 11.5 Å². The van der Waals surface area contributed by atoms with Crippen molar-refractivity contribution in [2.45, 2.75) is 58.3 Å². The Bertz CT molecular complexity index is 829. The highest BCUT2D eigenvalue weighted by atomic mass is 16.6. The van der Waals surface area contributed by atoms with Crippen LogP contribution in [0.2, 0.25) is 0 Å². The molecule has 5 heteroatoms. The Labute approximate surface area is 185 Å². The van der Waals surface area contributed by atoms with Gasteiger partial charge in [-0.3, -0.25) is 0 Å². The van der Waals surface area contributed by atoms with E-state index in [4.69, 9.17) is 14.2 Å². The largest absolute Gasteiger partial charge is 0.486 e. The number of hydrogen-bond donors (Lipinski definition) is 0. The van der Waals surface area contributed by atoms with E-state index in [1.54, 1.807) is 30.3 Å². The molecule has 0 aliphatic heterocycles. The number of carbonyl (C=O) groups is 2. The van der Waals surface area contributed by atoms with Gasteiger partial charge in [-0.2, -0.15) is 0 Å². The molecule has 0 bridgehead atoms. The van der Waals surface area contributed by atoms with Crippen molar-refractivity contribution in [1.82, 2.24) is 0 Å². The Balaban J connectivity index is 1.99. The first-order chi connectivity index (χ1) is 15.2. The third-order valence-electron chi connectivity index (χ3n) is 4.70. The molecule has 0 saturated heterocycles. The van der Waals surface area contributed by atoms with Crippen molar-refractivity contribution in [3.63, 3.8) is 0 Å². The summed E-state index contributed by atoms with van der Waals surface area (Å²) in [5, 5.41) is 0. The van der Waals surface area contributed by atoms with Gasteiger partial charge in [0, 0.05) is 12.1 Å². The van der Waals surface area contributed by atoms with Crippen LogP contribution in [0.15, 0.2) is 55.1 Å². The minimum absolute atomic E-state index is 0.0859. The van der Waals surface area contributed by atoms with E-state index < -0.39 is 11.9 Å². The number of benzene rings is 2. The maximum Gasteiger partial charge on any atom is 0.343 e. The molecule has 0 aliphatic carbocycles. The van der Waals surface area contributed by atoms with Gasteiger partial charge in [-0.15, -0.1) is 0 Å². The van der Waals surface area contributed by atoms with Crippen molar-refractivity contribution in [2.24, 2.45) is 0 Å². The minimum atomic E-state index is -0.622. The van der Waals surface area contributed by atoms with Gasteiger partial charge in [0.1, 0.15) is 0 Å². The molecule has 0 atom stereocenters. The molecule has 0 fully saturated rings. The van der Waals surface area contributed by atoms with E-state index in [0.717, 1.165) is 25.3 Å². The Hall–Kier alpha value is -3.08. The standard InChI is InChI=1S/C26H31O5/c1-3-5-6-7-8-9-10-14-20-29-25-22(30-24(27)4-2)18-15-19-23(25)31-26(28)21-16-12-11-13-17-21/h4,11-13,15-18H,2-3,5-10,14,20H2,1H3. The Morgan fingerprint density at radius 1 is 0.935 bits per heavy atom. The highest BCUT2D eigenvalue weighted by Crippen LogP contribution is 2.37. The van der Waals surface area contributed by atoms with Gasteiger partial charge >= 0.3 is 11.9 Å². The lowest BCUT2D eigenvalue weighted by molar-refractivity contribution is -0.129. The average Bonchev–Trinajstić information content (AvgIpc) is 2.79. The van der Waals surface area contributed by atoms with Crippen LogP contribution in [-0.2, 0) is 4.79 Å². The molecule has 0 unspecified atom stereocenters. The predicted molar refractivity (Wildman–Crippen MR) is 121 cm³/mol. The Morgan fingerprint density at radius 3 is 2.29 bits per heavy atom. The van der Waals surface area contributed by atoms with Crippen LogP contribution in [-0.4, -0.2) is 18.5 Å². The van der Waals surface area contributed by atoms with Crippen molar-refractivity contribution in [3.05, 3.63) is 66.7 Å². The molecule has 1 radical (unpaired) electrons. The van der Waals surface area contributed by atoms with Gasteiger partial charge in [0.05, 0.1) is 12.2 Å². The van der Waals surface area contributed by atoms with Gasteiger partial charge in [-0.25, -0.2) is 9.59 Å². The molecule has 0 aromatic heterocycles. The van der Waals surface area contributed by atoms with Crippen molar-refractivity contribution in [1.29, 1.82) is 0 Å². The van der Waals surface area contributed by atoms with E-state index in [-0.39, 0.29) is 17.2 Å². The first-order valence-electron chi connectivity index (χ1n) is 10.9. The lowest BCUT2D eigenvalue weighted by atomic mass is 10.1. The number of esters is 2. The van der Waals surface area contributed by atoms with E-state index in [1.165, 1.54) is 38.2 Å². The zero-order chi connectivity index (χ0) is 22.3. The maximum absolute atomic E-state index is 12.5. The Morgan fingerprint density at radius 2 is 1.61 bits per heavy atom. The van der Waals surface area contributed by atoms with Gasteiger partial charge in [-0.1, -0.05) is 76.6 Å². The van der Waals surface area contributed by atoms with E-state index in [2.05, 4.69) is 19.6 Å². The molecule has 0 spiro atoms. The molecule has 0 N–H and O–H groups in total. The summed E-state index contributed by atoms with van der Waals surface area (Å²) >= 11 is 0. The summed E-state index contributed by atoms with van der Waals surface area (Å²) in [4.78, 5) is 24.2. The second-order valence-corrected chi connectivity index (χ2v) is 7.20. The van der Waals surface area contributed by atoms with Crippen molar-refractivity contribution in [2.75, 3.05) is 6.61 Å². The SMILES string of the molecule is C=CC(=O)Oc1cc[c]c(OC(=O)c2ccccc2)c1OCCCCCCCCCC. The number of unbranched alkanes of at least 4 members (excludes halogenated alkanes) is 7. The van der Waals surface area contributed by atoms with E-state index in [1.807, 2.05) is 6.07 Å². The molecule has 31 heavy (non-hydrogen) atoms. The third kappa shape index (κ3) is 8.67. The molecule has 5 nitrogen and oxygen atoms in total. The number of rotatable bonds is 14. The zero-order valence-electron chi connectivity index (χ0n) is 18.2. The highest BCUT2D eigenvalue weighted by Gasteiger charge is 2.18. The summed E-state index contributed by atoms with van der Waals surface area (Å²) in [6, 6.07) is 14.6. The predicted octanol–water partition coefficient (Wildman–Crippen LogP) is 6.32. The molecule has 0 aliphatic rings. The van der Waals surface area contributed by atoms with Crippen molar-refractivity contribution >= 4 is 11.9 Å². The van der Waals surface area contributed by atoms with Crippen LogP contribution in [0.25, 0.3) is 0 Å². The van der Waals surface area contributed by atoms with Crippen LogP contribution >= 0.6 is 0 Å². The number of carbonyl (C=O) groups excluding carboxylic acids is 2. The summed E-state index contributed by atoms with van der Waals surface area (Å²) in [6.45, 7) is 6.04. The number of hydrogen-bond acceptors (Lipinski definition) is 5. The van der Waals surface area contributed by atoms with Crippen molar-refractivity contribution < 1.29 is 23.8 Å². The average molecular weight is 424 g/mol. The van der Waals surface area contributed by atoms with E-state index in [9.17, 15) is 9.59 Å². The fraction of sp³-hybridized carbons (Fsp3) is 0.385. The summed E-state index contributed by atoms with van der Waals surface area (Å²) in [6.07, 6.45) is 10.4. The summed E-state index contributed by atoms with van der Waals surface area (Å²) < 4.78 is 16.6. The van der Waals surface area contributed by atoms with E-state index in [0.29, 0.717) is 12.2 Å². The van der Waals surface area contributed by atoms with Crippen LogP contribution < -0.4 is 14.2 Å². The lowest BCUT2D eigenvalue weighted by Gasteiger charge is -2.15. The maximum atomic E-state index is 12.5. The molecule has 0 saturated carbocycles. The highest BCUT2D eigenvalue weighted by molar-refractivity contribution is 5.91. The summed E-state index contributed by atoms with van der Waals surface area (Å²) in [7, 11) is 0. The van der Waals surface area contributed by atoms with Gasteiger partial charge in [-0.05, 0) is 30.7 Å². The minimum Gasteiger partial charge on any atom is -0.486 e. The fourth-order valence-corrected chi connectivity index (χ4v) is 3.03. The van der Waals surface area contributed by atoms with Gasteiger partial charge < -0.3 is 14.2 Å². The summed E-state index contributed by atoms with van der Waals surface area (Å²) in [5.74, 6) is -0.726. The fourth-order valence-electron chi connectivity index (χ4n) is 3.03. The molecular formula is C26H31O5. The lowest BCUT2D eigenvalue weighted by Crippen LogP contribution is -2.11. The molecular weight excluding hydrogens is 392 g/mol. The molecule has 2 rings (SSSR count). The molecule has 2 aromatic carbocycles. The monoisotopic (exact) mass is 423 g/mol. The Kier molecular flexibility index (Phi) is 10.9. The van der Waals surface area contributed by atoms with Crippen LogP contribution in [0.1, 0.15) is 68.6 Å². The zero-order valence-corrected chi connectivity index (χ0v) is 18.2. The van der Waals surface area contributed by atoms with Gasteiger partial charge in [0.2, 0.25) is 5.75 Å². The smallest absolute Gasteiger partial charge is 0.343 e. The van der Waals surface area contributed by atoms with Crippen LogP contribution in [0.5, 0.6) is 17.2 Å². The second kappa shape index (κ2) is 14.0. The van der Waals surface area contributed by atoms with Crippen LogP contribution in [0.3, 0.4) is 0 Å². The normalized spacial score (nSPS) is 10.4. The molecule has 2 aromatic rings. The van der Waals surface area contributed by atoms with Crippen molar-refractivity contribution in [3.8, 4) is 17.2 Å². The first-order valence-corrected chi connectivity index (χ1v) is 10.9. The first kappa shape index (κ1) is 24.2. The quantitative estimate of drug-likeness (QED) is 0.154. The summed E-state index contributed by atoms with van der Waals surface area (Å²) in [5.41, 5.74) is 0.401. The van der Waals surface area contributed by atoms with E-state index >= 15 is 0 Å².